The lowest BCUT2D eigenvalue weighted by atomic mass is 10.0. The van der Waals surface area contributed by atoms with E-state index in [2.05, 4.69) is 32.9 Å². The second-order valence-electron chi connectivity index (χ2n) is 5.45. The van der Waals surface area contributed by atoms with Crippen molar-refractivity contribution in [3.05, 3.63) is 50.4 Å². The zero-order valence-corrected chi connectivity index (χ0v) is 14.6. The highest BCUT2D eigenvalue weighted by molar-refractivity contribution is 14.1. The van der Waals surface area contributed by atoms with E-state index in [1.165, 1.54) is 0 Å². The van der Waals surface area contributed by atoms with E-state index < -0.39 is 5.97 Å². The van der Waals surface area contributed by atoms with Crippen LogP contribution in [0.4, 0.5) is 5.69 Å². The Hall–Kier alpha value is -2.09. The Morgan fingerprint density at radius 3 is 2.91 bits per heavy atom. The molecule has 3 rings (SSSR count). The summed E-state index contributed by atoms with van der Waals surface area (Å²) in [5.41, 5.74) is 5.10. The van der Waals surface area contributed by atoms with Gasteiger partial charge in [-0.15, -0.1) is 0 Å². The molecule has 1 aromatic heterocycles. The minimum absolute atomic E-state index is 0.0935. The van der Waals surface area contributed by atoms with Gasteiger partial charge in [-0.3, -0.25) is 9.59 Å². The van der Waals surface area contributed by atoms with Gasteiger partial charge in [0.15, 0.2) is 0 Å². The van der Waals surface area contributed by atoms with Crippen LogP contribution in [0.25, 0.3) is 11.6 Å². The summed E-state index contributed by atoms with van der Waals surface area (Å²) in [6.45, 7) is 1.93. The molecule has 6 heteroatoms. The van der Waals surface area contributed by atoms with Crippen molar-refractivity contribution in [3.63, 3.8) is 0 Å². The fourth-order valence-electron chi connectivity index (χ4n) is 2.65. The lowest BCUT2D eigenvalue weighted by Crippen LogP contribution is -2.03. The molecule has 5 nitrogen and oxygen atoms in total. The topological polar surface area (TPSA) is 82.2 Å². The first-order valence-electron chi connectivity index (χ1n) is 7.17. The molecule has 1 aromatic carbocycles. The summed E-state index contributed by atoms with van der Waals surface area (Å²) in [4.78, 5) is 26.1. The molecule has 0 radical (unpaired) electrons. The smallest absolute Gasteiger partial charge is 0.303 e. The monoisotopic (exact) mass is 422 g/mol. The summed E-state index contributed by atoms with van der Waals surface area (Å²) in [5, 5.41) is 11.7. The molecule has 0 saturated carbocycles. The third-order valence-electron chi connectivity index (χ3n) is 3.95. The largest absolute Gasteiger partial charge is 0.481 e. The summed E-state index contributed by atoms with van der Waals surface area (Å²) in [6, 6.07) is 5.82. The Labute approximate surface area is 146 Å². The number of rotatable bonds is 4. The molecule has 3 N–H and O–H groups in total. The van der Waals surface area contributed by atoms with Gasteiger partial charge in [-0.25, -0.2) is 0 Å². The Morgan fingerprint density at radius 1 is 1.39 bits per heavy atom. The van der Waals surface area contributed by atoms with Crippen LogP contribution >= 0.6 is 22.6 Å². The Bertz CT molecular complexity index is 836. The van der Waals surface area contributed by atoms with Gasteiger partial charge in [-0.2, -0.15) is 0 Å². The Morgan fingerprint density at radius 2 is 2.17 bits per heavy atom. The van der Waals surface area contributed by atoms with Gasteiger partial charge in [0.1, 0.15) is 0 Å². The van der Waals surface area contributed by atoms with Gasteiger partial charge >= 0.3 is 5.97 Å². The molecular formula is C17H15IN2O3. The molecule has 0 atom stereocenters. The third-order valence-corrected chi connectivity index (χ3v) is 4.62. The number of nitrogens with one attached hydrogen (secondary N) is 2. The third kappa shape index (κ3) is 3.17. The molecule has 1 aliphatic heterocycles. The summed E-state index contributed by atoms with van der Waals surface area (Å²) in [6.07, 6.45) is 4.21. The molecule has 0 saturated heterocycles. The number of aliphatic carboxylic acids is 1. The predicted octanol–water partition coefficient (Wildman–Crippen LogP) is 3.44. The molecule has 2 aromatic rings. The molecule has 2 heterocycles. The number of amides is 1. The van der Waals surface area contributed by atoms with Crippen molar-refractivity contribution in [2.24, 2.45) is 0 Å². The highest BCUT2D eigenvalue weighted by atomic mass is 127. The molecule has 0 bridgehead atoms. The summed E-state index contributed by atoms with van der Waals surface area (Å²) >= 11 is 2.22. The van der Waals surface area contributed by atoms with Crippen molar-refractivity contribution in [2.75, 3.05) is 5.32 Å². The van der Waals surface area contributed by atoms with Crippen LogP contribution in [-0.2, 0) is 16.0 Å². The van der Waals surface area contributed by atoms with Gasteiger partial charge < -0.3 is 15.4 Å². The molecule has 1 amide bonds. The fourth-order valence-corrected chi connectivity index (χ4v) is 3.14. The summed E-state index contributed by atoms with van der Waals surface area (Å²) in [5.74, 6) is -0.938. The van der Waals surface area contributed by atoms with Crippen molar-refractivity contribution in [1.29, 1.82) is 0 Å². The number of fused-ring (bicyclic) bond motifs is 1. The number of aryl methyl sites for hydroxylation is 1. The molecule has 0 fully saturated rings. The second-order valence-corrected chi connectivity index (χ2v) is 6.69. The first-order chi connectivity index (χ1) is 11.0. The normalized spacial score (nSPS) is 14.9. The van der Waals surface area contributed by atoms with Crippen molar-refractivity contribution in [3.8, 4) is 0 Å². The van der Waals surface area contributed by atoms with E-state index >= 15 is 0 Å². The molecule has 23 heavy (non-hydrogen) atoms. The summed E-state index contributed by atoms with van der Waals surface area (Å²) in [7, 11) is 0. The van der Waals surface area contributed by atoms with Gasteiger partial charge in [0.05, 0.1) is 5.57 Å². The SMILES string of the molecule is Cc1c(CCC(=O)O)c[nH]c1/C=C1\C(=O)Nc2ccc(I)cc21. The van der Waals surface area contributed by atoms with Crippen LogP contribution in [0.15, 0.2) is 24.4 Å². The van der Waals surface area contributed by atoms with Crippen LogP contribution in [0.2, 0.25) is 0 Å². The molecule has 0 spiro atoms. The number of halogens is 1. The zero-order chi connectivity index (χ0) is 16.6. The van der Waals surface area contributed by atoms with E-state index in [0.717, 1.165) is 31.6 Å². The van der Waals surface area contributed by atoms with Crippen molar-refractivity contribution in [2.45, 2.75) is 19.8 Å². The van der Waals surface area contributed by atoms with E-state index in [1.807, 2.05) is 37.4 Å². The van der Waals surface area contributed by atoms with Gasteiger partial charge in [-0.05, 0) is 71.3 Å². The van der Waals surface area contributed by atoms with Crippen molar-refractivity contribution < 1.29 is 14.7 Å². The second kappa shape index (κ2) is 6.19. The molecule has 0 unspecified atom stereocenters. The lowest BCUT2D eigenvalue weighted by Gasteiger charge is -2.01. The Kier molecular flexibility index (Phi) is 4.25. The van der Waals surface area contributed by atoms with Gasteiger partial charge in [0.25, 0.3) is 5.91 Å². The first kappa shape index (κ1) is 15.8. The number of carboxylic acid groups (broad SMARTS) is 1. The quantitative estimate of drug-likeness (QED) is 0.522. The maximum Gasteiger partial charge on any atom is 0.303 e. The van der Waals surface area contributed by atoms with Crippen LogP contribution < -0.4 is 5.32 Å². The van der Waals surface area contributed by atoms with Gasteiger partial charge in [-0.1, -0.05) is 0 Å². The first-order valence-corrected chi connectivity index (χ1v) is 8.25. The van der Waals surface area contributed by atoms with Crippen molar-refractivity contribution in [1.82, 2.24) is 4.98 Å². The lowest BCUT2D eigenvalue weighted by molar-refractivity contribution is -0.137. The highest BCUT2D eigenvalue weighted by Crippen LogP contribution is 2.34. The van der Waals surface area contributed by atoms with Crippen molar-refractivity contribution >= 4 is 51.8 Å². The van der Waals surface area contributed by atoms with E-state index in [1.54, 1.807) is 0 Å². The maximum atomic E-state index is 12.2. The average molecular weight is 422 g/mol. The predicted molar refractivity (Wildman–Crippen MR) is 97.1 cm³/mol. The fraction of sp³-hybridized carbons (Fsp3) is 0.176. The average Bonchev–Trinajstić information content (AvgIpc) is 2.99. The minimum Gasteiger partial charge on any atom is -0.481 e. The number of benzene rings is 1. The number of aromatic amines is 1. The summed E-state index contributed by atoms with van der Waals surface area (Å²) < 4.78 is 1.06. The number of aromatic nitrogens is 1. The van der Waals surface area contributed by atoms with Crippen LogP contribution in [0, 0.1) is 10.5 Å². The molecular weight excluding hydrogens is 407 g/mol. The van der Waals surface area contributed by atoms with E-state index in [4.69, 9.17) is 5.11 Å². The number of carbonyl (C=O) groups is 2. The number of carbonyl (C=O) groups excluding carboxylic acids is 1. The molecule has 118 valence electrons. The van der Waals surface area contributed by atoms with Crippen LogP contribution in [0.5, 0.6) is 0 Å². The van der Waals surface area contributed by atoms with E-state index in [-0.39, 0.29) is 12.3 Å². The highest BCUT2D eigenvalue weighted by Gasteiger charge is 2.24. The minimum atomic E-state index is -0.816. The number of hydrogen-bond acceptors (Lipinski definition) is 2. The Balaban J connectivity index is 1.95. The standard InChI is InChI=1S/C17H15IN2O3/c1-9-10(2-5-16(21)22)8-19-15(9)7-13-12-6-11(18)3-4-14(12)20-17(13)23/h3-4,6-8,19H,2,5H2,1H3,(H,20,23)(H,21,22)/b13-7-. The van der Waals surface area contributed by atoms with Gasteiger partial charge in [0, 0.05) is 33.1 Å². The van der Waals surface area contributed by atoms with Crippen LogP contribution in [0.3, 0.4) is 0 Å². The van der Waals surface area contributed by atoms with Crippen LogP contribution in [0.1, 0.15) is 28.8 Å². The number of hydrogen-bond donors (Lipinski definition) is 3. The number of carboxylic acids is 1. The van der Waals surface area contributed by atoms with Gasteiger partial charge in [0.2, 0.25) is 0 Å². The number of H-pyrrole nitrogens is 1. The number of anilines is 1. The zero-order valence-electron chi connectivity index (χ0n) is 12.4. The molecule has 1 aliphatic rings. The van der Waals surface area contributed by atoms with E-state index in [9.17, 15) is 9.59 Å². The maximum absolute atomic E-state index is 12.2. The molecule has 0 aliphatic carbocycles. The van der Waals surface area contributed by atoms with Crippen LogP contribution in [-0.4, -0.2) is 22.0 Å². The van der Waals surface area contributed by atoms with E-state index in [0.29, 0.717) is 12.0 Å².